The number of alkyl halides is 1. The van der Waals surface area contributed by atoms with E-state index >= 15 is 0 Å². The molecule has 1 aromatic carbocycles. The van der Waals surface area contributed by atoms with Crippen LogP contribution in [0.5, 0.6) is 0 Å². The third-order valence-corrected chi connectivity index (χ3v) is 4.73. The molecule has 20 heavy (non-hydrogen) atoms. The number of rotatable bonds is 8. The van der Waals surface area contributed by atoms with Gasteiger partial charge in [-0.3, -0.25) is 0 Å². The maximum absolute atomic E-state index is 13.9. The third kappa shape index (κ3) is 4.87. The number of aryl methyl sites for hydroxylation is 1. The van der Waals surface area contributed by atoms with Gasteiger partial charge in [-0.05, 0) is 25.0 Å². The summed E-state index contributed by atoms with van der Waals surface area (Å²) in [5, 5.41) is 0. The van der Waals surface area contributed by atoms with Crippen molar-refractivity contribution in [2.75, 3.05) is 0 Å². The van der Waals surface area contributed by atoms with E-state index in [1.165, 1.54) is 6.07 Å². The lowest BCUT2D eigenvalue weighted by molar-refractivity contribution is 0.0209. The van der Waals surface area contributed by atoms with Crippen LogP contribution in [0.2, 0.25) is 0 Å². The minimum absolute atomic E-state index is 0.0309. The van der Waals surface area contributed by atoms with Crippen molar-refractivity contribution in [2.45, 2.75) is 57.7 Å². The third-order valence-electron chi connectivity index (χ3n) is 3.29. The second-order valence-electron chi connectivity index (χ2n) is 5.14. The molecule has 0 radical (unpaired) electrons. The molecule has 0 aliphatic heterocycles. The van der Waals surface area contributed by atoms with E-state index in [1.807, 2.05) is 0 Å². The Hall–Kier alpha value is -0.940. The average Bonchev–Trinajstić information content (AvgIpc) is 2.38. The van der Waals surface area contributed by atoms with Crippen molar-refractivity contribution < 1.29 is 17.0 Å². The molecule has 0 aromatic heterocycles. The highest BCUT2D eigenvalue weighted by Crippen LogP contribution is 2.23. The Kier molecular flexibility index (Phi) is 6.62. The first-order valence-electron chi connectivity index (χ1n) is 7.01. The van der Waals surface area contributed by atoms with Gasteiger partial charge >= 0.3 is 0 Å². The fourth-order valence-corrected chi connectivity index (χ4v) is 3.19. The summed E-state index contributed by atoms with van der Waals surface area (Å²) in [5.41, 5.74) is 0.554. The molecule has 0 bridgehead atoms. The monoisotopic (exact) mass is 302 g/mol. The van der Waals surface area contributed by atoms with E-state index in [-0.39, 0.29) is 4.90 Å². The van der Waals surface area contributed by atoms with Gasteiger partial charge in [-0.1, -0.05) is 51.3 Å². The van der Waals surface area contributed by atoms with Crippen molar-refractivity contribution in [3.05, 3.63) is 29.8 Å². The predicted octanol–water partition coefficient (Wildman–Crippen LogP) is 4.21. The molecule has 0 saturated heterocycles. The molecule has 0 aliphatic carbocycles. The molecule has 0 N–H and O–H groups in total. The van der Waals surface area contributed by atoms with Gasteiger partial charge in [-0.2, -0.15) is 8.42 Å². The van der Waals surface area contributed by atoms with Gasteiger partial charge in [0.1, 0.15) is 0 Å². The predicted molar refractivity (Wildman–Crippen MR) is 77.7 cm³/mol. The topological polar surface area (TPSA) is 43.4 Å². The lowest BCUT2D eigenvalue weighted by Crippen LogP contribution is -2.21. The first-order valence-corrected chi connectivity index (χ1v) is 8.42. The molecular formula is C15H23FO3S. The minimum Gasteiger partial charge on any atom is -0.229 e. The number of hydrogen-bond donors (Lipinski definition) is 0. The summed E-state index contributed by atoms with van der Waals surface area (Å²) >= 11 is 0. The zero-order chi connectivity index (χ0) is 15.2. The largest absolute Gasteiger partial charge is 0.299 e. The number of benzene rings is 1. The van der Waals surface area contributed by atoms with Gasteiger partial charge < -0.3 is 0 Å². The molecule has 1 aromatic rings. The molecule has 3 nitrogen and oxygen atoms in total. The second-order valence-corrected chi connectivity index (χ2v) is 6.68. The highest BCUT2D eigenvalue weighted by Gasteiger charge is 2.26. The SMILES string of the molecule is CCCCC[C@H](C)C(F)OS(=O)(=O)c1ccccc1C. The fraction of sp³-hybridized carbons (Fsp3) is 0.600. The minimum atomic E-state index is -4.04. The van der Waals surface area contributed by atoms with E-state index in [4.69, 9.17) is 4.18 Å². The highest BCUT2D eigenvalue weighted by atomic mass is 32.2. The van der Waals surface area contributed by atoms with Crippen LogP contribution in [0.4, 0.5) is 4.39 Å². The summed E-state index contributed by atoms with van der Waals surface area (Å²) in [6, 6.07) is 6.42. The summed E-state index contributed by atoms with van der Waals surface area (Å²) in [7, 11) is -4.04. The van der Waals surface area contributed by atoms with Crippen molar-refractivity contribution in [2.24, 2.45) is 5.92 Å². The fourth-order valence-electron chi connectivity index (χ4n) is 1.95. The molecule has 2 atom stereocenters. The molecule has 1 rings (SSSR count). The summed E-state index contributed by atoms with van der Waals surface area (Å²) in [5.74, 6) is -0.430. The van der Waals surface area contributed by atoms with Gasteiger partial charge in [0.05, 0.1) is 4.90 Å². The van der Waals surface area contributed by atoms with E-state index < -0.39 is 22.4 Å². The summed E-state index contributed by atoms with van der Waals surface area (Å²) in [6.45, 7) is 5.40. The second kappa shape index (κ2) is 7.74. The normalized spacial score (nSPS) is 15.0. The lowest BCUT2D eigenvalue weighted by Gasteiger charge is -2.17. The van der Waals surface area contributed by atoms with Crippen LogP contribution < -0.4 is 0 Å². The summed E-state index contributed by atoms with van der Waals surface area (Å²) < 4.78 is 42.7. The van der Waals surface area contributed by atoms with Crippen LogP contribution in [0.25, 0.3) is 0 Å². The number of unbranched alkanes of at least 4 members (excludes halogenated alkanes) is 2. The van der Waals surface area contributed by atoms with Gasteiger partial charge in [0.2, 0.25) is 6.36 Å². The van der Waals surface area contributed by atoms with E-state index in [0.717, 1.165) is 19.3 Å². The molecule has 5 heteroatoms. The zero-order valence-electron chi connectivity index (χ0n) is 12.3. The van der Waals surface area contributed by atoms with Crippen LogP contribution in [0.15, 0.2) is 29.2 Å². The van der Waals surface area contributed by atoms with Gasteiger partial charge in [0, 0.05) is 5.92 Å². The van der Waals surface area contributed by atoms with Crippen molar-refractivity contribution >= 4 is 10.1 Å². The molecular weight excluding hydrogens is 279 g/mol. The van der Waals surface area contributed by atoms with Crippen LogP contribution in [0.1, 0.15) is 45.1 Å². The Morgan fingerprint density at radius 1 is 1.25 bits per heavy atom. The van der Waals surface area contributed by atoms with E-state index in [2.05, 4.69) is 6.92 Å². The van der Waals surface area contributed by atoms with Crippen molar-refractivity contribution in [3.63, 3.8) is 0 Å². The number of hydrogen-bond acceptors (Lipinski definition) is 3. The molecule has 0 aliphatic rings. The van der Waals surface area contributed by atoms with Crippen LogP contribution >= 0.6 is 0 Å². The Morgan fingerprint density at radius 2 is 1.90 bits per heavy atom. The van der Waals surface area contributed by atoms with Gasteiger partial charge in [-0.25, -0.2) is 8.57 Å². The average molecular weight is 302 g/mol. The van der Waals surface area contributed by atoms with Crippen molar-refractivity contribution in [3.8, 4) is 0 Å². The number of halogens is 1. The van der Waals surface area contributed by atoms with Crippen LogP contribution in [-0.2, 0) is 14.3 Å². The van der Waals surface area contributed by atoms with Gasteiger partial charge in [0.25, 0.3) is 10.1 Å². The maximum Gasteiger partial charge on any atom is 0.299 e. The van der Waals surface area contributed by atoms with Gasteiger partial charge in [-0.15, -0.1) is 0 Å². The first-order chi connectivity index (χ1) is 9.38. The van der Waals surface area contributed by atoms with Crippen molar-refractivity contribution in [1.29, 1.82) is 0 Å². The van der Waals surface area contributed by atoms with Crippen LogP contribution in [0.3, 0.4) is 0 Å². The molecule has 0 saturated carbocycles. The smallest absolute Gasteiger partial charge is 0.229 e. The Bertz CT molecular complexity index is 514. The van der Waals surface area contributed by atoms with E-state index in [0.29, 0.717) is 12.0 Å². The first kappa shape index (κ1) is 17.1. The summed E-state index contributed by atoms with van der Waals surface area (Å²) in [6.07, 6.45) is 1.77. The standard InChI is InChI=1S/C15H23FO3S/c1-4-5-6-10-13(3)15(16)19-20(17,18)14-11-8-7-9-12(14)2/h7-9,11,13,15H,4-6,10H2,1-3H3/t13-,15?/m0/s1. The van der Waals surface area contributed by atoms with Crippen LogP contribution in [-0.4, -0.2) is 14.8 Å². The molecule has 0 spiro atoms. The molecule has 0 heterocycles. The van der Waals surface area contributed by atoms with Crippen LogP contribution in [0, 0.1) is 12.8 Å². The lowest BCUT2D eigenvalue weighted by atomic mass is 10.0. The van der Waals surface area contributed by atoms with E-state index in [9.17, 15) is 12.8 Å². The molecule has 0 amide bonds. The molecule has 114 valence electrons. The van der Waals surface area contributed by atoms with E-state index in [1.54, 1.807) is 32.0 Å². The Morgan fingerprint density at radius 3 is 2.50 bits per heavy atom. The van der Waals surface area contributed by atoms with Gasteiger partial charge in [0.15, 0.2) is 0 Å². The molecule has 1 unspecified atom stereocenters. The Balaban J connectivity index is 2.69. The Labute approximate surface area is 121 Å². The van der Waals surface area contributed by atoms with Crippen molar-refractivity contribution in [1.82, 2.24) is 0 Å². The summed E-state index contributed by atoms with van der Waals surface area (Å²) in [4.78, 5) is 0.0309. The quantitative estimate of drug-likeness (QED) is 0.533. The maximum atomic E-state index is 13.9. The highest BCUT2D eigenvalue weighted by molar-refractivity contribution is 7.86. The molecule has 0 fully saturated rings. The zero-order valence-corrected chi connectivity index (χ0v) is 13.1.